The van der Waals surface area contributed by atoms with E-state index >= 15 is 0 Å². The Morgan fingerprint density at radius 1 is 0.745 bits per heavy atom. The monoisotopic (exact) mass is 760 g/mol. The first-order valence-corrected chi connectivity index (χ1v) is 16.5. The van der Waals surface area contributed by atoms with Crippen LogP contribution in [0, 0.1) is 0 Å². The van der Waals surface area contributed by atoms with E-state index in [4.69, 9.17) is 49.1 Å². The summed E-state index contributed by atoms with van der Waals surface area (Å²) in [4.78, 5) is 24.0. The maximum absolute atomic E-state index is 10.6. The molecule has 2 heterocycles. The van der Waals surface area contributed by atoms with Crippen molar-refractivity contribution in [3.8, 4) is 11.5 Å². The predicted octanol–water partition coefficient (Wildman–Crippen LogP) is 5.07. The first-order valence-electron chi connectivity index (χ1n) is 16.5. The molecule has 0 saturated carbocycles. The van der Waals surface area contributed by atoms with Crippen molar-refractivity contribution in [2.45, 2.75) is 33.0 Å². The van der Waals surface area contributed by atoms with E-state index in [1.165, 1.54) is 17.1 Å². The Hall–Kier alpha value is -7.30. The Morgan fingerprint density at radius 2 is 1.22 bits per heavy atom. The number of phenolic OH excluding ortho intramolecular Hbond substituents is 1. The van der Waals surface area contributed by atoms with E-state index in [0.717, 1.165) is 5.56 Å². The van der Waals surface area contributed by atoms with Gasteiger partial charge in [0.15, 0.2) is 5.75 Å². The fourth-order valence-corrected chi connectivity index (χ4v) is 4.78. The molecule has 17 heteroatoms. The van der Waals surface area contributed by atoms with Gasteiger partial charge in [-0.25, -0.2) is 14.8 Å². The molecule has 0 radical (unpaired) electrons. The van der Waals surface area contributed by atoms with Gasteiger partial charge in [0.1, 0.15) is 23.7 Å². The van der Waals surface area contributed by atoms with Gasteiger partial charge in [-0.1, -0.05) is 68.4 Å². The lowest BCUT2D eigenvalue weighted by atomic mass is 10.1. The first kappa shape index (κ1) is 42.1. The van der Waals surface area contributed by atoms with Crippen LogP contribution in [0.1, 0.15) is 54.9 Å². The number of carbonyl (C=O) groups is 1. The van der Waals surface area contributed by atoms with Gasteiger partial charge in [-0.05, 0) is 48.9 Å². The number of aromatic hydroxyl groups is 1. The van der Waals surface area contributed by atoms with Crippen molar-refractivity contribution in [3.63, 3.8) is 0 Å². The molecule has 5 rings (SSSR count). The summed E-state index contributed by atoms with van der Waals surface area (Å²) in [5, 5.41) is 17.3. The summed E-state index contributed by atoms with van der Waals surface area (Å²) in [6.45, 7) is 6.08. The van der Waals surface area contributed by atoms with Crippen LogP contribution in [0.2, 0.25) is 0 Å². The molecule has 0 saturated heterocycles. The summed E-state index contributed by atoms with van der Waals surface area (Å²) < 4.78 is 35.1. The number of rotatable bonds is 10. The van der Waals surface area contributed by atoms with E-state index in [1.807, 2.05) is 54.9 Å². The van der Waals surface area contributed by atoms with Gasteiger partial charge in [0.05, 0.1) is 30.0 Å². The second kappa shape index (κ2) is 19.0. The largest absolute Gasteiger partial charge is 0.507 e. The van der Waals surface area contributed by atoms with Crippen molar-refractivity contribution in [3.05, 3.63) is 156 Å². The summed E-state index contributed by atoms with van der Waals surface area (Å²) >= 11 is 0. The van der Waals surface area contributed by atoms with Crippen LogP contribution in [0.3, 0.4) is 0 Å². The van der Waals surface area contributed by atoms with Gasteiger partial charge in [-0.3, -0.25) is 0 Å². The van der Waals surface area contributed by atoms with Crippen LogP contribution in [0.4, 0.5) is 13.2 Å². The maximum atomic E-state index is 10.6. The molecular formula is C38H43F3N10O4. The van der Waals surface area contributed by atoms with E-state index < -0.39 is 12.1 Å². The topological polar surface area (TPSA) is 259 Å². The lowest BCUT2D eigenvalue weighted by Gasteiger charge is -2.13. The van der Waals surface area contributed by atoms with E-state index in [1.54, 1.807) is 55.0 Å². The van der Waals surface area contributed by atoms with Crippen LogP contribution in [0.15, 0.2) is 128 Å². The molecule has 0 bridgehead atoms. The number of aliphatic carboxylic acids is 1. The minimum absolute atomic E-state index is 0.0181. The Labute approximate surface area is 315 Å². The van der Waals surface area contributed by atoms with Crippen molar-refractivity contribution in [1.82, 2.24) is 19.3 Å². The van der Waals surface area contributed by atoms with Crippen molar-refractivity contribution in [2.75, 3.05) is 0 Å². The minimum atomic E-state index is -5.08. The normalized spacial score (nSPS) is 11.9. The summed E-state index contributed by atoms with van der Waals surface area (Å²) in [5.41, 5.74) is 41.5. The molecule has 3 aromatic carbocycles. The van der Waals surface area contributed by atoms with E-state index in [-0.39, 0.29) is 29.1 Å². The van der Waals surface area contributed by atoms with Crippen LogP contribution in [-0.4, -0.2) is 41.6 Å². The van der Waals surface area contributed by atoms with Gasteiger partial charge in [0.2, 0.25) is 0 Å². The van der Waals surface area contributed by atoms with E-state index in [2.05, 4.69) is 29.0 Å². The highest BCUT2D eigenvalue weighted by molar-refractivity contribution is 5.85. The zero-order valence-electron chi connectivity index (χ0n) is 30.1. The Balaban J connectivity index is 0.000000812. The van der Waals surface area contributed by atoms with Gasteiger partial charge in [-0.2, -0.15) is 17.9 Å². The molecule has 0 aliphatic carbocycles. The van der Waals surface area contributed by atoms with Crippen LogP contribution in [0.25, 0.3) is 22.5 Å². The van der Waals surface area contributed by atoms with Gasteiger partial charge in [0, 0.05) is 39.9 Å². The fourth-order valence-electron chi connectivity index (χ4n) is 4.78. The number of hydrogen-bond donors (Lipinski definition) is 8. The average molecular weight is 761 g/mol. The number of nitrogens with two attached hydrogens (primary N) is 6. The van der Waals surface area contributed by atoms with E-state index in [9.17, 15) is 18.3 Å². The molecule has 5 aromatic rings. The zero-order valence-corrected chi connectivity index (χ0v) is 30.1. The number of halogens is 3. The second-order valence-corrected chi connectivity index (χ2v) is 11.3. The van der Waals surface area contributed by atoms with Crippen LogP contribution >= 0.6 is 0 Å². The number of benzene rings is 3. The smallest absolute Gasteiger partial charge is 0.490 e. The van der Waals surface area contributed by atoms with Crippen molar-refractivity contribution in [2.24, 2.45) is 34.4 Å². The van der Waals surface area contributed by atoms with Crippen molar-refractivity contribution >= 4 is 28.5 Å². The number of hydrogen-bond acceptors (Lipinski definition) is 11. The van der Waals surface area contributed by atoms with Gasteiger partial charge < -0.3 is 54.0 Å². The highest BCUT2D eigenvalue weighted by Gasteiger charge is 2.38. The number of para-hydroxylation sites is 2. The van der Waals surface area contributed by atoms with Crippen LogP contribution in [-0.2, 0) is 4.79 Å². The summed E-state index contributed by atoms with van der Waals surface area (Å²) in [5.74, 6) is -2.27. The predicted molar refractivity (Wildman–Crippen MR) is 205 cm³/mol. The third kappa shape index (κ3) is 11.3. The van der Waals surface area contributed by atoms with Crippen LogP contribution < -0.4 is 39.2 Å². The summed E-state index contributed by atoms with van der Waals surface area (Å²) in [6, 6.07) is 24.0. The minimum Gasteiger partial charge on any atom is -0.507 e. The first-order chi connectivity index (χ1) is 26.1. The number of phenols is 1. The van der Waals surface area contributed by atoms with E-state index in [0.29, 0.717) is 45.1 Å². The number of imidazole rings is 2. The molecule has 14 nitrogen and oxygen atoms in total. The zero-order chi connectivity index (χ0) is 40.9. The molecule has 55 heavy (non-hydrogen) atoms. The number of aromatic nitrogens is 4. The molecule has 0 spiro atoms. The fraction of sp³-hybridized carbons (Fsp3) is 0.132. The number of allylic oxidation sites excluding steroid dienone is 4. The molecule has 14 N–H and O–H groups in total. The quantitative estimate of drug-likeness (QED) is 0.0869. The molecule has 0 amide bonds. The lowest BCUT2D eigenvalue weighted by molar-refractivity contribution is -0.192. The third-order valence-electron chi connectivity index (χ3n) is 7.52. The number of nitrogens with zero attached hydrogens (tertiary/aromatic N) is 4. The molecule has 0 aliphatic rings. The Bertz CT molecular complexity index is 2180. The molecular weight excluding hydrogens is 717 g/mol. The molecule has 1 atom stereocenters. The van der Waals surface area contributed by atoms with Crippen molar-refractivity contribution in [1.29, 1.82) is 0 Å². The van der Waals surface area contributed by atoms with Gasteiger partial charge >= 0.3 is 12.1 Å². The summed E-state index contributed by atoms with van der Waals surface area (Å²) in [7, 11) is 0. The van der Waals surface area contributed by atoms with Gasteiger partial charge in [0.25, 0.3) is 0 Å². The molecule has 2 aromatic heterocycles. The lowest BCUT2D eigenvalue weighted by Crippen LogP contribution is -2.21. The number of alkyl halides is 3. The summed E-state index contributed by atoms with van der Waals surface area (Å²) in [6.07, 6.45) is 4.77. The molecule has 1 unspecified atom stereocenters. The highest BCUT2D eigenvalue weighted by atomic mass is 19.4. The molecule has 0 fully saturated rings. The SMILES string of the molecule is CC.CC(c1ccccc1)n1cnc(C(/C=C(\N)c2ccccc2On2cnc(C(/C=C(\N)c3ccccc3O)=C(N)N)c2)=C(N)N)c1.O=C(O)C(F)(F)F. The maximum Gasteiger partial charge on any atom is 0.490 e. The number of carboxylic acids is 1. The highest BCUT2D eigenvalue weighted by Crippen LogP contribution is 2.29. The van der Waals surface area contributed by atoms with Crippen molar-refractivity contribution < 1.29 is 33.0 Å². The van der Waals surface area contributed by atoms with Crippen LogP contribution in [0.5, 0.6) is 11.5 Å². The second-order valence-electron chi connectivity index (χ2n) is 11.3. The third-order valence-corrected chi connectivity index (χ3v) is 7.52. The molecule has 290 valence electrons. The average Bonchev–Trinajstić information content (AvgIpc) is 3.84. The standard InChI is InChI=1S/C34H36N10O2.C2HF3O2.C2H6/c1-21(22-9-3-2-4-10-22)43-17-29(41-19-43)25(33(37)38)16-28(36)24-12-6-8-14-32(24)46-44-18-30(42-20-44)26(34(39)40)15-27(35)23-11-5-7-13-31(23)45;3-2(4,5)1(6)7;1-2/h2-21,45H,35-40H2,1H3;(H,6,7);1-2H3/b27-15-,28-16-;;. The molecule has 0 aliphatic heterocycles. The Kier molecular flexibility index (Phi) is 14.5. The number of carboxylic acid groups (broad SMARTS) is 1. The Morgan fingerprint density at radius 3 is 1.76 bits per heavy atom. The van der Waals surface area contributed by atoms with Gasteiger partial charge in [-0.15, -0.1) is 0 Å².